The molecule has 0 aliphatic rings. The number of aromatic nitrogens is 1. The molecule has 0 saturated heterocycles. The number of nitrogens with zero attached hydrogens (tertiary/aromatic N) is 2. The van der Waals surface area contributed by atoms with E-state index in [0.29, 0.717) is 13.0 Å². The summed E-state index contributed by atoms with van der Waals surface area (Å²) in [4.78, 5) is 30.2. The van der Waals surface area contributed by atoms with E-state index in [9.17, 15) is 14.7 Å². The van der Waals surface area contributed by atoms with Gasteiger partial charge in [0.15, 0.2) is 0 Å². The molecule has 3 rings (SSSR count). The van der Waals surface area contributed by atoms with Gasteiger partial charge in [0, 0.05) is 18.3 Å². The number of hydrogen-bond acceptors (Lipinski definition) is 7. The lowest BCUT2D eigenvalue weighted by molar-refractivity contribution is -0.00568. The summed E-state index contributed by atoms with van der Waals surface area (Å²) in [7, 11) is 0. The van der Waals surface area contributed by atoms with Crippen LogP contribution in [0.25, 0.3) is 11.3 Å². The molecule has 41 heavy (non-hydrogen) atoms. The molecular weight excluding hydrogens is 520 g/mol. The number of ether oxygens (including phenoxy) is 2. The summed E-state index contributed by atoms with van der Waals surface area (Å²) in [5.41, 5.74) is 5.32. The zero-order valence-corrected chi connectivity index (χ0v) is 24.8. The molecule has 2 aromatic carbocycles. The normalized spacial score (nSPS) is 13.1. The fourth-order valence-corrected chi connectivity index (χ4v) is 3.96. The van der Waals surface area contributed by atoms with Crippen molar-refractivity contribution in [2.75, 3.05) is 6.54 Å². The van der Waals surface area contributed by atoms with Crippen LogP contribution >= 0.6 is 0 Å². The Balaban J connectivity index is 1.76. The Morgan fingerprint density at radius 3 is 2.07 bits per heavy atom. The number of alkyl carbamates (subject to hydrolysis) is 1. The maximum Gasteiger partial charge on any atom is 0.424 e. The van der Waals surface area contributed by atoms with Crippen LogP contribution in [0, 0.1) is 0 Å². The number of aliphatic hydroxyl groups is 1. The predicted molar refractivity (Wildman–Crippen MR) is 159 cm³/mol. The standard InChI is InChI=1S/C32H42N4O5/c1-31(2,3)40-29(38)35-27(20-23-12-8-7-9-13-23)28(37)22-36(30(39)41-32(4,5)6)34-21-24-15-17-25(18-16-24)26-14-10-11-19-33-26/h7-19,27-28,34,37H,20-22H2,1-6H3,(H,35,38). The number of carbonyl (C=O) groups excluding carboxylic acids is 2. The van der Waals surface area contributed by atoms with Gasteiger partial charge in [-0.2, -0.15) is 0 Å². The highest BCUT2D eigenvalue weighted by Crippen LogP contribution is 2.18. The van der Waals surface area contributed by atoms with E-state index < -0.39 is 35.5 Å². The molecule has 9 heteroatoms. The van der Waals surface area contributed by atoms with Crippen LogP contribution in [0.2, 0.25) is 0 Å². The molecular formula is C32H42N4O5. The lowest BCUT2D eigenvalue weighted by Crippen LogP contribution is -2.55. The quantitative estimate of drug-likeness (QED) is 0.280. The van der Waals surface area contributed by atoms with Gasteiger partial charge >= 0.3 is 12.2 Å². The first-order valence-electron chi connectivity index (χ1n) is 13.7. The first kappa shape index (κ1) is 31.6. The van der Waals surface area contributed by atoms with Crippen molar-refractivity contribution in [1.29, 1.82) is 0 Å². The minimum absolute atomic E-state index is 0.145. The van der Waals surface area contributed by atoms with Gasteiger partial charge in [-0.3, -0.25) is 4.98 Å². The summed E-state index contributed by atoms with van der Waals surface area (Å²) in [6, 6.07) is 22.3. The van der Waals surface area contributed by atoms with E-state index in [0.717, 1.165) is 22.4 Å². The van der Waals surface area contributed by atoms with E-state index in [1.807, 2.05) is 72.8 Å². The Labute approximate surface area is 242 Å². The van der Waals surface area contributed by atoms with E-state index in [-0.39, 0.29) is 6.54 Å². The molecule has 0 fully saturated rings. The van der Waals surface area contributed by atoms with E-state index in [2.05, 4.69) is 15.7 Å². The van der Waals surface area contributed by atoms with Crippen molar-refractivity contribution < 1.29 is 24.2 Å². The third-order valence-electron chi connectivity index (χ3n) is 5.84. The second-order valence-corrected chi connectivity index (χ2v) is 11.8. The number of pyridine rings is 1. The van der Waals surface area contributed by atoms with Crippen molar-refractivity contribution in [3.8, 4) is 11.3 Å². The first-order valence-corrected chi connectivity index (χ1v) is 13.7. The minimum atomic E-state index is -1.14. The Hall–Kier alpha value is -3.95. The van der Waals surface area contributed by atoms with E-state index in [1.165, 1.54) is 5.01 Å². The number of benzene rings is 2. The summed E-state index contributed by atoms with van der Waals surface area (Å²) in [5.74, 6) is 0. The average Bonchev–Trinajstić information content (AvgIpc) is 2.90. The molecule has 0 radical (unpaired) electrons. The van der Waals surface area contributed by atoms with Crippen molar-refractivity contribution in [1.82, 2.24) is 20.7 Å². The third-order valence-corrected chi connectivity index (χ3v) is 5.84. The maximum atomic E-state index is 13.2. The summed E-state index contributed by atoms with van der Waals surface area (Å²) >= 11 is 0. The van der Waals surface area contributed by atoms with Gasteiger partial charge in [0.1, 0.15) is 11.2 Å². The molecule has 1 aromatic heterocycles. The Bertz CT molecular complexity index is 1240. The van der Waals surface area contributed by atoms with Crippen molar-refractivity contribution in [3.63, 3.8) is 0 Å². The Kier molecular flexibility index (Phi) is 10.9. The van der Waals surface area contributed by atoms with Crippen molar-refractivity contribution in [3.05, 3.63) is 90.1 Å². The number of rotatable bonds is 10. The van der Waals surface area contributed by atoms with Crippen LogP contribution in [0.5, 0.6) is 0 Å². The molecule has 0 aliphatic carbocycles. The van der Waals surface area contributed by atoms with E-state index in [1.54, 1.807) is 47.7 Å². The van der Waals surface area contributed by atoms with Crippen LogP contribution in [-0.4, -0.2) is 57.2 Å². The number of aliphatic hydroxyl groups excluding tert-OH is 1. The first-order chi connectivity index (χ1) is 19.3. The average molecular weight is 563 g/mol. The van der Waals surface area contributed by atoms with Crippen molar-refractivity contribution in [2.24, 2.45) is 0 Å². The number of nitrogens with one attached hydrogen (secondary N) is 2. The molecule has 3 N–H and O–H groups in total. The molecule has 220 valence electrons. The van der Waals surface area contributed by atoms with Gasteiger partial charge in [0.25, 0.3) is 0 Å². The predicted octanol–water partition coefficient (Wildman–Crippen LogP) is 5.49. The summed E-state index contributed by atoms with van der Waals surface area (Å²) in [5, 5.41) is 15.4. The molecule has 9 nitrogen and oxygen atoms in total. The lowest BCUT2D eigenvalue weighted by atomic mass is 10.0. The lowest BCUT2D eigenvalue weighted by Gasteiger charge is -2.32. The highest BCUT2D eigenvalue weighted by atomic mass is 16.6. The van der Waals surface area contributed by atoms with Crippen LogP contribution in [0.15, 0.2) is 79.0 Å². The van der Waals surface area contributed by atoms with Gasteiger partial charge in [-0.1, -0.05) is 60.7 Å². The highest BCUT2D eigenvalue weighted by molar-refractivity contribution is 5.69. The molecule has 0 spiro atoms. The SMILES string of the molecule is CC(C)(C)OC(=O)NC(Cc1ccccc1)C(O)CN(NCc1ccc(-c2ccccn2)cc1)C(=O)OC(C)(C)C. The Morgan fingerprint density at radius 2 is 1.49 bits per heavy atom. The molecule has 2 atom stereocenters. The molecule has 0 saturated carbocycles. The fraction of sp³-hybridized carbons (Fsp3) is 0.406. The van der Waals surface area contributed by atoms with Gasteiger partial charge in [0.2, 0.25) is 0 Å². The summed E-state index contributed by atoms with van der Waals surface area (Å²) in [6.45, 7) is 10.8. The van der Waals surface area contributed by atoms with Gasteiger partial charge in [-0.05, 0) is 71.2 Å². The topological polar surface area (TPSA) is 113 Å². The zero-order valence-electron chi connectivity index (χ0n) is 24.8. The molecule has 0 aliphatic heterocycles. The second-order valence-electron chi connectivity index (χ2n) is 11.8. The summed E-state index contributed by atoms with van der Waals surface area (Å²) < 4.78 is 11.0. The highest BCUT2D eigenvalue weighted by Gasteiger charge is 2.30. The number of amides is 2. The number of carbonyl (C=O) groups is 2. The molecule has 1 heterocycles. The number of hydrazine groups is 1. The van der Waals surface area contributed by atoms with E-state index in [4.69, 9.17) is 9.47 Å². The van der Waals surface area contributed by atoms with Crippen LogP contribution in [-0.2, 0) is 22.4 Å². The largest absolute Gasteiger partial charge is 0.444 e. The number of hydrogen-bond donors (Lipinski definition) is 3. The molecule has 2 amide bonds. The monoisotopic (exact) mass is 562 g/mol. The summed E-state index contributed by atoms with van der Waals surface area (Å²) in [6.07, 6.45) is -0.357. The Morgan fingerprint density at radius 1 is 0.854 bits per heavy atom. The maximum absolute atomic E-state index is 13.2. The fourth-order valence-electron chi connectivity index (χ4n) is 3.96. The van der Waals surface area contributed by atoms with Crippen LogP contribution in [0.3, 0.4) is 0 Å². The van der Waals surface area contributed by atoms with Crippen LogP contribution in [0.4, 0.5) is 9.59 Å². The van der Waals surface area contributed by atoms with Gasteiger partial charge in [-0.15, -0.1) is 0 Å². The third kappa shape index (κ3) is 11.2. The van der Waals surface area contributed by atoms with Gasteiger partial charge < -0.3 is 19.9 Å². The van der Waals surface area contributed by atoms with Crippen molar-refractivity contribution >= 4 is 12.2 Å². The van der Waals surface area contributed by atoms with Gasteiger partial charge in [0.05, 0.1) is 24.4 Å². The second kappa shape index (κ2) is 14.1. The van der Waals surface area contributed by atoms with Crippen LogP contribution < -0.4 is 10.7 Å². The zero-order chi connectivity index (χ0) is 30.0. The minimum Gasteiger partial charge on any atom is -0.444 e. The van der Waals surface area contributed by atoms with Crippen LogP contribution in [0.1, 0.15) is 52.7 Å². The smallest absolute Gasteiger partial charge is 0.424 e. The molecule has 0 bridgehead atoms. The molecule has 2 unspecified atom stereocenters. The van der Waals surface area contributed by atoms with Gasteiger partial charge in [-0.25, -0.2) is 20.0 Å². The molecule has 3 aromatic rings. The van der Waals surface area contributed by atoms with E-state index >= 15 is 0 Å². The van der Waals surface area contributed by atoms with Crippen molar-refractivity contribution in [2.45, 2.75) is 77.9 Å².